The van der Waals surface area contributed by atoms with Crippen LogP contribution in [0.5, 0.6) is 0 Å². The first-order valence-electron chi connectivity index (χ1n) is 5.15. The molecule has 1 aliphatic rings. The number of rotatable bonds is 3. The molecule has 1 aliphatic heterocycles. The van der Waals surface area contributed by atoms with Gasteiger partial charge in [0.2, 0.25) is 5.28 Å². The monoisotopic (exact) mass is 245 g/mol. The molecular weight excluding hydrogens is 233 g/mol. The number of ether oxygens (including phenoxy) is 1. The van der Waals surface area contributed by atoms with Crippen molar-refractivity contribution in [2.75, 3.05) is 18.5 Å². The minimum Gasteiger partial charge on any atom is -0.373 e. The Morgan fingerprint density at radius 3 is 3.19 bits per heavy atom. The van der Waals surface area contributed by atoms with E-state index in [1.165, 1.54) is 0 Å². The maximum Gasteiger partial charge on any atom is 0.224 e. The van der Waals surface area contributed by atoms with Crippen LogP contribution in [0.1, 0.15) is 19.8 Å². The number of hydrogen-bond acceptors (Lipinski definition) is 4. The SMILES string of the molecule is CC1(CNc2nc(Cl)ncc2F)CCCO1. The molecule has 4 nitrogen and oxygen atoms in total. The summed E-state index contributed by atoms with van der Waals surface area (Å²) in [5, 5.41) is 2.93. The Hall–Kier alpha value is -0.940. The molecule has 0 aliphatic carbocycles. The second-order valence-electron chi connectivity index (χ2n) is 4.09. The van der Waals surface area contributed by atoms with Crippen molar-refractivity contribution in [3.05, 3.63) is 17.3 Å². The highest BCUT2D eigenvalue weighted by Gasteiger charge is 2.29. The number of nitrogens with zero attached hydrogens (tertiary/aromatic N) is 2. The van der Waals surface area contributed by atoms with Crippen molar-refractivity contribution in [2.45, 2.75) is 25.4 Å². The minimum atomic E-state index is -0.508. The van der Waals surface area contributed by atoms with Gasteiger partial charge in [-0.3, -0.25) is 0 Å². The Bertz CT molecular complexity index is 382. The number of hydrogen-bond donors (Lipinski definition) is 1. The predicted octanol–water partition coefficient (Wildman–Crippen LogP) is 2.25. The van der Waals surface area contributed by atoms with E-state index in [0.29, 0.717) is 6.54 Å². The van der Waals surface area contributed by atoms with Gasteiger partial charge in [0.05, 0.1) is 11.8 Å². The third-order valence-corrected chi connectivity index (χ3v) is 2.83. The lowest BCUT2D eigenvalue weighted by Gasteiger charge is -2.23. The van der Waals surface area contributed by atoms with Crippen LogP contribution in [0.15, 0.2) is 6.20 Å². The lowest BCUT2D eigenvalue weighted by molar-refractivity contribution is 0.0314. The maximum absolute atomic E-state index is 13.3. The maximum atomic E-state index is 13.3. The number of nitrogens with one attached hydrogen (secondary N) is 1. The van der Waals surface area contributed by atoms with Crippen molar-refractivity contribution in [1.82, 2.24) is 9.97 Å². The molecule has 88 valence electrons. The quantitative estimate of drug-likeness (QED) is 0.830. The molecule has 2 rings (SSSR count). The Labute approximate surface area is 98.2 Å². The summed E-state index contributed by atoms with van der Waals surface area (Å²) in [7, 11) is 0. The molecule has 0 aromatic carbocycles. The second kappa shape index (κ2) is 4.51. The predicted molar refractivity (Wildman–Crippen MR) is 59.1 cm³/mol. The third kappa shape index (κ3) is 2.59. The van der Waals surface area contributed by atoms with E-state index in [9.17, 15) is 4.39 Å². The summed E-state index contributed by atoms with van der Waals surface area (Å²) in [5.41, 5.74) is -0.246. The highest BCUT2D eigenvalue weighted by atomic mass is 35.5. The molecule has 1 fully saturated rings. The Kier molecular flexibility index (Phi) is 3.25. The molecule has 1 aromatic heterocycles. The van der Waals surface area contributed by atoms with Crippen LogP contribution >= 0.6 is 11.6 Å². The van der Waals surface area contributed by atoms with E-state index in [1.54, 1.807) is 0 Å². The zero-order valence-corrected chi connectivity index (χ0v) is 9.72. The second-order valence-corrected chi connectivity index (χ2v) is 4.43. The van der Waals surface area contributed by atoms with E-state index in [0.717, 1.165) is 25.6 Å². The normalized spacial score (nSPS) is 24.7. The van der Waals surface area contributed by atoms with Crippen LogP contribution < -0.4 is 5.32 Å². The number of halogens is 2. The smallest absolute Gasteiger partial charge is 0.224 e. The van der Waals surface area contributed by atoms with E-state index >= 15 is 0 Å². The molecule has 1 N–H and O–H groups in total. The van der Waals surface area contributed by atoms with Gasteiger partial charge in [-0.2, -0.15) is 4.98 Å². The van der Waals surface area contributed by atoms with Crippen LogP contribution in [-0.4, -0.2) is 28.7 Å². The van der Waals surface area contributed by atoms with Crippen LogP contribution in [0.2, 0.25) is 5.28 Å². The van der Waals surface area contributed by atoms with Crippen LogP contribution in [0, 0.1) is 5.82 Å². The highest BCUT2D eigenvalue weighted by Crippen LogP contribution is 2.25. The average Bonchev–Trinajstić information content (AvgIpc) is 2.67. The van der Waals surface area contributed by atoms with E-state index in [2.05, 4.69) is 15.3 Å². The number of anilines is 1. The van der Waals surface area contributed by atoms with Crippen LogP contribution in [-0.2, 0) is 4.74 Å². The van der Waals surface area contributed by atoms with E-state index in [-0.39, 0.29) is 16.7 Å². The molecule has 0 amide bonds. The Morgan fingerprint density at radius 1 is 1.69 bits per heavy atom. The van der Waals surface area contributed by atoms with Gasteiger partial charge in [-0.05, 0) is 31.4 Å². The highest BCUT2D eigenvalue weighted by molar-refractivity contribution is 6.28. The van der Waals surface area contributed by atoms with Crippen LogP contribution in [0.4, 0.5) is 10.2 Å². The van der Waals surface area contributed by atoms with Gasteiger partial charge < -0.3 is 10.1 Å². The van der Waals surface area contributed by atoms with E-state index in [4.69, 9.17) is 16.3 Å². The van der Waals surface area contributed by atoms with Gasteiger partial charge >= 0.3 is 0 Å². The molecule has 16 heavy (non-hydrogen) atoms. The van der Waals surface area contributed by atoms with Crippen molar-refractivity contribution < 1.29 is 9.13 Å². The summed E-state index contributed by atoms with van der Waals surface area (Å²) in [6.07, 6.45) is 3.04. The molecule has 1 saturated heterocycles. The summed E-state index contributed by atoms with van der Waals surface area (Å²) in [6, 6.07) is 0. The van der Waals surface area contributed by atoms with E-state index in [1.807, 2.05) is 6.92 Å². The molecular formula is C10H13ClFN3O. The molecule has 0 saturated carbocycles. The largest absolute Gasteiger partial charge is 0.373 e. The molecule has 6 heteroatoms. The molecule has 0 bridgehead atoms. The van der Waals surface area contributed by atoms with E-state index < -0.39 is 5.82 Å². The summed E-state index contributed by atoms with van der Waals surface area (Å²) in [5.74, 6) is -0.386. The third-order valence-electron chi connectivity index (χ3n) is 2.64. The Balaban J connectivity index is 2.01. The fraction of sp³-hybridized carbons (Fsp3) is 0.600. The average molecular weight is 246 g/mol. The van der Waals surface area contributed by atoms with Gasteiger partial charge in [0, 0.05) is 13.2 Å². The summed E-state index contributed by atoms with van der Waals surface area (Å²) >= 11 is 5.59. The van der Waals surface area contributed by atoms with Gasteiger partial charge in [-0.15, -0.1) is 0 Å². The van der Waals surface area contributed by atoms with Gasteiger partial charge in [0.1, 0.15) is 0 Å². The topological polar surface area (TPSA) is 47.0 Å². The summed E-state index contributed by atoms with van der Waals surface area (Å²) in [4.78, 5) is 7.32. The molecule has 2 heterocycles. The fourth-order valence-electron chi connectivity index (χ4n) is 1.72. The molecule has 0 spiro atoms. The standard InChI is InChI=1S/C10H13ClFN3O/c1-10(3-2-4-16-10)6-14-8-7(12)5-13-9(11)15-8/h5H,2-4,6H2,1H3,(H,13,14,15). The minimum absolute atomic E-state index is 0.0291. The zero-order chi connectivity index (χ0) is 11.6. The summed E-state index contributed by atoms with van der Waals surface area (Å²) in [6.45, 7) is 3.26. The zero-order valence-electron chi connectivity index (χ0n) is 8.96. The van der Waals surface area contributed by atoms with Crippen molar-refractivity contribution in [2.24, 2.45) is 0 Å². The first-order valence-corrected chi connectivity index (χ1v) is 5.53. The van der Waals surface area contributed by atoms with Crippen molar-refractivity contribution in [3.63, 3.8) is 0 Å². The van der Waals surface area contributed by atoms with Crippen molar-refractivity contribution in [1.29, 1.82) is 0 Å². The Morgan fingerprint density at radius 2 is 2.50 bits per heavy atom. The lowest BCUT2D eigenvalue weighted by atomic mass is 10.0. The first-order chi connectivity index (χ1) is 7.59. The number of aromatic nitrogens is 2. The van der Waals surface area contributed by atoms with Gasteiger partial charge in [0.15, 0.2) is 11.6 Å². The van der Waals surface area contributed by atoms with Gasteiger partial charge in [0.25, 0.3) is 0 Å². The fourth-order valence-corrected chi connectivity index (χ4v) is 1.85. The van der Waals surface area contributed by atoms with Crippen molar-refractivity contribution >= 4 is 17.4 Å². The molecule has 1 unspecified atom stereocenters. The summed E-state index contributed by atoms with van der Waals surface area (Å²) < 4.78 is 18.9. The van der Waals surface area contributed by atoms with Crippen LogP contribution in [0.3, 0.4) is 0 Å². The molecule has 1 aromatic rings. The molecule has 1 atom stereocenters. The lowest BCUT2D eigenvalue weighted by Crippen LogP contribution is -2.33. The first kappa shape index (κ1) is 11.5. The molecule has 0 radical (unpaired) electrons. The van der Waals surface area contributed by atoms with Crippen LogP contribution in [0.25, 0.3) is 0 Å². The van der Waals surface area contributed by atoms with Gasteiger partial charge in [-0.1, -0.05) is 0 Å². The van der Waals surface area contributed by atoms with Crippen molar-refractivity contribution in [3.8, 4) is 0 Å². The van der Waals surface area contributed by atoms with Gasteiger partial charge in [-0.25, -0.2) is 9.37 Å².